The molecule has 0 aliphatic rings. The molecule has 0 aromatic heterocycles. The molecule has 0 unspecified atom stereocenters. The first-order chi connectivity index (χ1) is 12.5. The average Bonchev–Trinajstić information content (AvgIpc) is 2.66. The van der Waals surface area contributed by atoms with Crippen LogP contribution in [0.3, 0.4) is 0 Å². The number of nitro benzene ring substituents is 1. The van der Waals surface area contributed by atoms with Crippen molar-refractivity contribution in [3.63, 3.8) is 0 Å². The third-order valence-corrected chi connectivity index (χ3v) is 4.07. The summed E-state index contributed by atoms with van der Waals surface area (Å²) in [4.78, 5) is 22.5. The number of nitrogens with one attached hydrogen (secondary N) is 1. The highest BCUT2D eigenvalue weighted by atomic mass is 16.6. The van der Waals surface area contributed by atoms with E-state index in [4.69, 9.17) is 4.74 Å². The van der Waals surface area contributed by atoms with E-state index in [0.717, 1.165) is 16.3 Å². The zero-order chi connectivity index (χ0) is 18.5. The third-order valence-electron chi connectivity index (χ3n) is 4.07. The predicted molar refractivity (Wildman–Crippen MR) is 99.1 cm³/mol. The second-order valence-corrected chi connectivity index (χ2v) is 5.90. The number of carbonyl (C=O) groups excluding carboxylic acids is 1. The van der Waals surface area contributed by atoms with Crippen LogP contribution in [-0.2, 0) is 4.79 Å². The summed E-state index contributed by atoms with van der Waals surface area (Å²) in [5, 5.41) is 15.9. The number of fused-ring (bicyclic) bond motifs is 1. The highest BCUT2D eigenvalue weighted by Crippen LogP contribution is 2.24. The minimum absolute atomic E-state index is 0.0768. The molecule has 0 saturated carbocycles. The molecule has 3 aromatic carbocycles. The SMILES string of the molecule is C[C@@H](NC(=O)COc1cccc([N+](=O)[O-])c1)c1cccc2ccccc12. The first-order valence-corrected chi connectivity index (χ1v) is 8.19. The second-order valence-electron chi connectivity index (χ2n) is 5.90. The molecule has 3 aromatic rings. The minimum atomic E-state index is -0.504. The van der Waals surface area contributed by atoms with E-state index in [2.05, 4.69) is 5.32 Å². The smallest absolute Gasteiger partial charge is 0.273 e. The number of amides is 1. The van der Waals surface area contributed by atoms with Crippen LogP contribution in [0.4, 0.5) is 5.69 Å². The number of ether oxygens (including phenoxy) is 1. The van der Waals surface area contributed by atoms with Crippen LogP contribution in [0.1, 0.15) is 18.5 Å². The lowest BCUT2D eigenvalue weighted by atomic mass is 10.00. The first kappa shape index (κ1) is 17.4. The summed E-state index contributed by atoms with van der Waals surface area (Å²) in [6.45, 7) is 1.70. The van der Waals surface area contributed by atoms with E-state index in [9.17, 15) is 14.9 Å². The van der Waals surface area contributed by atoms with Gasteiger partial charge in [-0.1, -0.05) is 48.5 Å². The standard InChI is InChI=1S/C20H18N2O4/c1-14(18-11-4-7-15-6-2-3-10-19(15)18)21-20(23)13-26-17-9-5-8-16(12-17)22(24)25/h2-12,14H,13H2,1H3,(H,21,23)/t14-/m1/s1. The van der Waals surface area contributed by atoms with Gasteiger partial charge in [0, 0.05) is 6.07 Å². The number of hydrogen-bond acceptors (Lipinski definition) is 4. The van der Waals surface area contributed by atoms with Crippen LogP contribution in [0.25, 0.3) is 10.8 Å². The number of nitro groups is 1. The average molecular weight is 350 g/mol. The molecule has 0 aliphatic carbocycles. The Labute approximate surface area is 150 Å². The number of hydrogen-bond donors (Lipinski definition) is 1. The fourth-order valence-electron chi connectivity index (χ4n) is 2.82. The fraction of sp³-hybridized carbons (Fsp3) is 0.150. The first-order valence-electron chi connectivity index (χ1n) is 8.19. The van der Waals surface area contributed by atoms with Crippen LogP contribution in [-0.4, -0.2) is 17.4 Å². The third kappa shape index (κ3) is 3.97. The number of carbonyl (C=O) groups is 1. The molecule has 1 atom stereocenters. The van der Waals surface area contributed by atoms with Gasteiger partial charge in [-0.3, -0.25) is 14.9 Å². The molecule has 0 heterocycles. The van der Waals surface area contributed by atoms with Crippen LogP contribution in [0.2, 0.25) is 0 Å². The van der Waals surface area contributed by atoms with Crippen molar-refractivity contribution in [2.24, 2.45) is 0 Å². The molecule has 0 bridgehead atoms. The zero-order valence-corrected chi connectivity index (χ0v) is 14.2. The zero-order valence-electron chi connectivity index (χ0n) is 14.2. The van der Waals surface area contributed by atoms with Crippen LogP contribution >= 0.6 is 0 Å². The topological polar surface area (TPSA) is 81.5 Å². The number of non-ortho nitro benzene ring substituents is 1. The normalized spacial score (nSPS) is 11.7. The molecule has 1 N–H and O–H groups in total. The van der Waals surface area contributed by atoms with Gasteiger partial charge in [-0.05, 0) is 29.3 Å². The summed E-state index contributed by atoms with van der Waals surface area (Å²) < 4.78 is 5.37. The van der Waals surface area contributed by atoms with Gasteiger partial charge < -0.3 is 10.1 Å². The molecule has 1 amide bonds. The second kappa shape index (κ2) is 7.65. The van der Waals surface area contributed by atoms with E-state index >= 15 is 0 Å². The van der Waals surface area contributed by atoms with E-state index in [-0.39, 0.29) is 30.0 Å². The molecule has 0 radical (unpaired) electrons. The molecule has 0 spiro atoms. The molecule has 3 rings (SSSR count). The fourth-order valence-corrected chi connectivity index (χ4v) is 2.82. The Balaban J connectivity index is 1.64. The van der Waals surface area contributed by atoms with Gasteiger partial charge in [0.05, 0.1) is 17.0 Å². The maximum Gasteiger partial charge on any atom is 0.273 e. The van der Waals surface area contributed by atoms with E-state index < -0.39 is 4.92 Å². The summed E-state index contributed by atoms with van der Waals surface area (Å²) in [5.74, 6) is -0.0101. The van der Waals surface area contributed by atoms with Crippen molar-refractivity contribution in [3.8, 4) is 5.75 Å². The lowest BCUT2D eigenvalue weighted by molar-refractivity contribution is -0.384. The van der Waals surface area contributed by atoms with E-state index in [1.54, 1.807) is 6.07 Å². The van der Waals surface area contributed by atoms with Crippen molar-refractivity contribution in [2.75, 3.05) is 6.61 Å². The lowest BCUT2D eigenvalue weighted by Gasteiger charge is -2.17. The van der Waals surface area contributed by atoms with E-state index in [1.807, 2.05) is 49.4 Å². The summed E-state index contributed by atoms with van der Waals surface area (Å²) in [5.41, 5.74) is 0.943. The van der Waals surface area contributed by atoms with Crippen molar-refractivity contribution in [1.82, 2.24) is 5.32 Å². The monoisotopic (exact) mass is 350 g/mol. The molecule has 0 fully saturated rings. The van der Waals surface area contributed by atoms with Gasteiger partial charge in [0.2, 0.25) is 0 Å². The summed E-state index contributed by atoms with van der Waals surface area (Å²) in [7, 11) is 0. The molecule has 0 saturated heterocycles. The van der Waals surface area contributed by atoms with Crippen molar-refractivity contribution in [3.05, 3.63) is 82.4 Å². The van der Waals surface area contributed by atoms with Crippen molar-refractivity contribution in [1.29, 1.82) is 0 Å². The van der Waals surface area contributed by atoms with Crippen LogP contribution in [0, 0.1) is 10.1 Å². The molecule has 132 valence electrons. The van der Waals surface area contributed by atoms with Crippen molar-refractivity contribution in [2.45, 2.75) is 13.0 Å². The highest BCUT2D eigenvalue weighted by Gasteiger charge is 2.13. The minimum Gasteiger partial charge on any atom is -0.484 e. The Kier molecular flexibility index (Phi) is 5.12. The predicted octanol–water partition coefficient (Wildman–Crippen LogP) is 4.00. The largest absolute Gasteiger partial charge is 0.484 e. The molecule has 0 aliphatic heterocycles. The quantitative estimate of drug-likeness (QED) is 0.538. The number of rotatable bonds is 6. The molecular weight excluding hydrogens is 332 g/mol. The molecule has 6 nitrogen and oxygen atoms in total. The number of nitrogens with zero attached hydrogens (tertiary/aromatic N) is 1. The van der Waals surface area contributed by atoms with Gasteiger partial charge in [0.1, 0.15) is 5.75 Å². The summed E-state index contributed by atoms with van der Waals surface area (Å²) in [6, 6.07) is 19.5. The molecular formula is C20H18N2O4. The van der Waals surface area contributed by atoms with Gasteiger partial charge >= 0.3 is 0 Å². The maximum atomic E-state index is 12.2. The van der Waals surface area contributed by atoms with Crippen molar-refractivity contribution >= 4 is 22.4 Å². The van der Waals surface area contributed by atoms with E-state index in [0.29, 0.717) is 0 Å². The Hall–Kier alpha value is -3.41. The highest BCUT2D eigenvalue weighted by molar-refractivity contribution is 5.87. The van der Waals surface area contributed by atoms with Gasteiger partial charge in [-0.15, -0.1) is 0 Å². The number of benzene rings is 3. The Bertz CT molecular complexity index is 950. The Morgan fingerprint density at radius 3 is 2.65 bits per heavy atom. The lowest BCUT2D eigenvalue weighted by Crippen LogP contribution is -2.31. The Morgan fingerprint density at radius 1 is 1.12 bits per heavy atom. The Morgan fingerprint density at radius 2 is 1.85 bits per heavy atom. The van der Waals surface area contributed by atoms with Crippen molar-refractivity contribution < 1.29 is 14.5 Å². The van der Waals surface area contributed by atoms with Crippen LogP contribution in [0.5, 0.6) is 5.75 Å². The van der Waals surface area contributed by atoms with Crippen LogP contribution in [0.15, 0.2) is 66.7 Å². The molecule has 26 heavy (non-hydrogen) atoms. The van der Waals surface area contributed by atoms with Gasteiger partial charge in [-0.2, -0.15) is 0 Å². The van der Waals surface area contributed by atoms with Gasteiger partial charge in [0.15, 0.2) is 6.61 Å². The maximum absolute atomic E-state index is 12.2. The van der Waals surface area contributed by atoms with Gasteiger partial charge in [0.25, 0.3) is 11.6 Å². The van der Waals surface area contributed by atoms with E-state index in [1.165, 1.54) is 18.2 Å². The molecule has 6 heteroatoms. The summed E-state index contributed by atoms with van der Waals surface area (Å²) in [6.07, 6.45) is 0. The summed E-state index contributed by atoms with van der Waals surface area (Å²) >= 11 is 0. The van der Waals surface area contributed by atoms with Gasteiger partial charge in [-0.25, -0.2) is 0 Å². The van der Waals surface area contributed by atoms with Crippen LogP contribution < -0.4 is 10.1 Å².